The Labute approximate surface area is 82.8 Å². The first-order chi connectivity index (χ1) is 5.99. The van der Waals surface area contributed by atoms with Crippen molar-refractivity contribution >= 4 is 28.8 Å². The van der Waals surface area contributed by atoms with Crippen LogP contribution < -0.4 is 0 Å². The van der Waals surface area contributed by atoms with E-state index in [9.17, 15) is 9.59 Å². The van der Waals surface area contributed by atoms with Crippen molar-refractivity contribution in [2.24, 2.45) is 5.92 Å². The van der Waals surface area contributed by atoms with E-state index >= 15 is 0 Å². The van der Waals surface area contributed by atoms with Gasteiger partial charge in [-0.25, -0.2) is 4.79 Å². The van der Waals surface area contributed by atoms with E-state index < -0.39 is 11.9 Å². The number of Topliss-reactive ketones (excluding diaryl/α,β-unsaturated/α-hetero) is 1. The molecule has 72 valence electrons. The van der Waals surface area contributed by atoms with Crippen LogP contribution in [0.25, 0.3) is 0 Å². The Morgan fingerprint density at radius 2 is 1.92 bits per heavy atom. The van der Waals surface area contributed by atoms with E-state index in [1.807, 2.05) is 0 Å². The molecule has 1 unspecified atom stereocenters. The van der Waals surface area contributed by atoms with Gasteiger partial charge in [-0.3, -0.25) is 4.79 Å². The highest BCUT2D eigenvalue weighted by Gasteiger charge is 2.12. The van der Waals surface area contributed by atoms with E-state index in [2.05, 4.69) is 4.74 Å². The Morgan fingerprint density at radius 3 is 2.23 bits per heavy atom. The molecule has 1 atom stereocenters. The smallest absolute Gasteiger partial charge is 0.330 e. The van der Waals surface area contributed by atoms with Crippen molar-refractivity contribution in [3.05, 3.63) is 12.2 Å². The summed E-state index contributed by atoms with van der Waals surface area (Å²) < 4.78 is 4.38. The standard InChI is InChI=1S/C9H12O3S/c1-6(10)8(7(2)13)4-5-9(11)12-3/h4-5,8H,1-3H3/b5-4-. The normalized spacial score (nSPS) is 12.5. The third-order valence-corrected chi connectivity index (χ3v) is 1.76. The molecule has 0 rings (SSSR count). The summed E-state index contributed by atoms with van der Waals surface area (Å²) in [6.45, 7) is 3.10. The number of carbonyl (C=O) groups is 2. The summed E-state index contributed by atoms with van der Waals surface area (Å²) in [4.78, 5) is 22.2. The lowest BCUT2D eigenvalue weighted by atomic mass is 10.0. The SMILES string of the molecule is COC(=O)/C=C\C(C(C)=O)C(C)=S. The van der Waals surface area contributed by atoms with Crippen molar-refractivity contribution in [2.45, 2.75) is 13.8 Å². The molecule has 0 saturated heterocycles. The zero-order chi connectivity index (χ0) is 10.4. The van der Waals surface area contributed by atoms with E-state index in [1.54, 1.807) is 6.92 Å². The minimum absolute atomic E-state index is 0.0762. The fraction of sp³-hybridized carbons (Fsp3) is 0.444. The van der Waals surface area contributed by atoms with Crippen molar-refractivity contribution in [3.63, 3.8) is 0 Å². The molecule has 0 aliphatic heterocycles. The van der Waals surface area contributed by atoms with Crippen molar-refractivity contribution in [3.8, 4) is 0 Å². The quantitative estimate of drug-likeness (QED) is 0.390. The lowest BCUT2D eigenvalue weighted by Crippen LogP contribution is -2.15. The number of ketones is 1. The van der Waals surface area contributed by atoms with E-state index in [-0.39, 0.29) is 5.78 Å². The number of hydrogen-bond donors (Lipinski definition) is 0. The maximum Gasteiger partial charge on any atom is 0.330 e. The van der Waals surface area contributed by atoms with E-state index in [0.717, 1.165) is 0 Å². The van der Waals surface area contributed by atoms with Crippen molar-refractivity contribution in [1.29, 1.82) is 0 Å². The van der Waals surface area contributed by atoms with Crippen LogP contribution in [0, 0.1) is 5.92 Å². The fourth-order valence-electron chi connectivity index (χ4n) is 0.800. The predicted octanol–water partition coefficient (Wildman–Crippen LogP) is 1.31. The average molecular weight is 200 g/mol. The number of allylic oxidation sites excluding steroid dienone is 1. The molecule has 0 aliphatic rings. The summed E-state index contributed by atoms with van der Waals surface area (Å²) in [5.74, 6) is -1.02. The minimum atomic E-state index is -0.484. The van der Waals surface area contributed by atoms with Crippen LogP contribution in [-0.4, -0.2) is 23.7 Å². The summed E-state index contributed by atoms with van der Waals surface area (Å²) in [7, 11) is 1.28. The van der Waals surface area contributed by atoms with Crippen molar-refractivity contribution in [1.82, 2.24) is 0 Å². The fourth-order valence-corrected chi connectivity index (χ4v) is 1.04. The summed E-state index contributed by atoms with van der Waals surface area (Å²) in [6.07, 6.45) is 2.67. The zero-order valence-corrected chi connectivity index (χ0v) is 8.68. The van der Waals surface area contributed by atoms with Gasteiger partial charge in [0.2, 0.25) is 0 Å². The monoisotopic (exact) mass is 200 g/mol. The van der Waals surface area contributed by atoms with Gasteiger partial charge in [0.05, 0.1) is 13.0 Å². The van der Waals surface area contributed by atoms with Gasteiger partial charge < -0.3 is 4.74 Å². The average Bonchev–Trinajstić information content (AvgIpc) is 2.03. The summed E-state index contributed by atoms with van der Waals surface area (Å²) in [6, 6.07) is 0. The molecule has 0 N–H and O–H groups in total. The van der Waals surface area contributed by atoms with Gasteiger partial charge in [0.25, 0.3) is 0 Å². The highest BCUT2D eigenvalue weighted by Crippen LogP contribution is 2.04. The van der Waals surface area contributed by atoms with Crippen LogP contribution in [0.1, 0.15) is 13.8 Å². The molecule has 0 aromatic carbocycles. The topological polar surface area (TPSA) is 43.4 Å². The second-order valence-electron chi connectivity index (χ2n) is 2.58. The number of rotatable bonds is 4. The highest BCUT2D eigenvalue weighted by molar-refractivity contribution is 7.80. The van der Waals surface area contributed by atoms with Crippen LogP contribution in [0.5, 0.6) is 0 Å². The Morgan fingerprint density at radius 1 is 1.38 bits per heavy atom. The van der Waals surface area contributed by atoms with Gasteiger partial charge >= 0.3 is 5.97 Å². The van der Waals surface area contributed by atoms with Crippen molar-refractivity contribution < 1.29 is 14.3 Å². The zero-order valence-electron chi connectivity index (χ0n) is 7.87. The molecule has 0 amide bonds. The van der Waals surface area contributed by atoms with Crippen LogP contribution in [0.2, 0.25) is 0 Å². The molecule has 0 bridgehead atoms. The number of hydrogen-bond acceptors (Lipinski definition) is 4. The second kappa shape index (κ2) is 5.59. The lowest BCUT2D eigenvalue weighted by molar-refractivity contribution is -0.134. The molecule has 3 nitrogen and oxygen atoms in total. The van der Waals surface area contributed by atoms with Gasteiger partial charge in [-0.15, -0.1) is 0 Å². The van der Waals surface area contributed by atoms with Crippen LogP contribution in [0.15, 0.2) is 12.2 Å². The molecule has 0 spiro atoms. The number of esters is 1. The molecule has 0 heterocycles. The van der Waals surface area contributed by atoms with Gasteiger partial charge in [0, 0.05) is 10.9 Å². The lowest BCUT2D eigenvalue weighted by Gasteiger charge is -2.04. The third-order valence-electron chi connectivity index (χ3n) is 1.50. The van der Waals surface area contributed by atoms with Crippen LogP contribution in [0.3, 0.4) is 0 Å². The van der Waals surface area contributed by atoms with Crippen molar-refractivity contribution in [2.75, 3.05) is 7.11 Å². The molecular weight excluding hydrogens is 188 g/mol. The van der Waals surface area contributed by atoms with E-state index in [4.69, 9.17) is 12.2 Å². The highest BCUT2D eigenvalue weighted by atomic mass is 32.1. The first-order valence-electron chi connectivity index (χ1n) is 3.76. The molecule has 0 radical (unpaired) electrons. The molecule has 0 aromatic heterocycles. The Balaban J connectivity index is 4.43. The molecule has 0 fully saturated rings. The molecule has 4 heteroatoms. The van der Waals surface area contributed by atoms with Crippen LogP contribution in [0.4, 0.5) is 0 Å². The largest absolute Gasteiger partial charge is 0.466 e. The maximum atomic E-state index is 11.0. The Bertz CT molecular complexity index is 242. The van der Waals surface area contributed by atoms with Gasteiger partial charge in [0.15, 0.2) is 0 Å². The summed E-state index contributed by atoms with van der Waals surface area (Å²) >= 11 is 4.86. The van der Waals surface area contributed by atoms with Gasteiger partial charge in [-0.2, -0.15) is 0 Å². The Kier molecular flexibility index (Phi) is 5.14. The Hall–Kier alpha value is -1.03. The van der Waals surface area contributed by atoms with Crippen LogP contribution >= 0.6 is 12.2 Å². The third kappa shape index (κ3) is 4.52. The summed E-state index contributed by atoms with van der Waals surface area (Å²) in [5.41, 5.74) is 0. The molecular formula is C9H12O3S. The molecule has 13 heavy (non-hydrogen) atoms. The molecule has 0 aromatic rings. The van der Waals surface area contributed by atoms with E-state index in [0.29, 0.717) is 4.86 Å². The number of ether oxygens (including phenoxy) is 1. The number of carbonyl (C=O) groups excluding carboxylic acids is 2. The summed E-state index contributed by atoms with van der Waals surface area (Å²) in [5, 5.41) is 0. The van der Waals surface area contributed by atoms with Gasteiger partial charge in [-0.1, -0.05) is 18.3 Å². The maximum absolute atomic E-state index is 11.0. The molecule has 0 saturated carbocycles. The number of thiocarbonyl (C=S) groups is 1. The van der Waals surface area contributed by atoms with Gasteiger partial charge in [0.1, 0.15) is 5.78 Å². The van der Waals surface area contributed by atoms with E-state index in [1.165, 1.54) is 26.2 Å². The molecule has 0 aliphatic carbocycles. The predicted molar refractivity (Wildman–Crippen MR) is 53.6 cm³/mol. The first-order valence-corrected chi connectivity index (χ1v) is 4.17. The minimum Gasteiger partial charge on any atom is -0.466 e. The van der Waals surface area contributed by atoms with Gasteiger partial charge in [-0.05, 0) is 13.8 Å². The first kappa shape index (κ1) is 12.0. The number of methoxy groups -OCH3 is 1. The second-order valence-corrected chi connectivity index (χ2v) is 3.23. The van der Waals surface area contributed by atoms with Crippen LogP contribution in [-0.2, 0) is 14.3 Å².